The third-order valence-corrected chi connectivity index (χ3v) is 5.51. The van der Waals surface area contributed by atoms with E-state index in [4.69, 9.17) is 9.47 Å². The zero-order chi connectivity index (χ0) is 19.4. The van der Waals surface area contributed by atoms with Crippen molar-refractivity contribution in [3.05, 3.63) is 54.1 Å². The Hall–Kier alpha value is -2.14. The maximum absolute atomic E-state index is 13.2. The number of amides is 1. The lowest BCUT2D eigenvalue weighted by Crippen LogP contribution is -2.48. The normalized spacial score (nSPS) is 14.5. The number of fused-ring (bicyclic) bond motifs is 1. The minimum Gasteiger partial charge on any atom is -0.486 e. The number of carbonyl (C=O) groups excluding carboxylic acids is 1. The van der Waals surface area contributed by atoms with Crippen molar-refractivity contribution in [2.24, 2.45) is 0 Å². The Bertz CT molecular complexity index is 786. The zero-order valence-corrected chi connectivity index (χ0v) is 17.2. The van der Waals surface area contributed by atoms with Crippen molar-refractivity contribution in [2.45, 2.75) is 49.9 Å². The van der Waals surface area contributed by atoms with Gasteiger partial charge in [-0.15, -0.1) is 11.8 Å². The van der Waals surface area contributed by atoms with Crippen LogP contribution >= 0.6 is 11.8 Å². The van der Waals surface area contributed by atoms with Crippen molar-refractivity contribution < 1.29 is 14.3 Å². The average Bonchev–Trinajstić information content (AvgIpc) is 2.65. The fourth-order valence-corrected chi connectivity index (χ4v) is 3.94. The Morgan fingerprint density at radius 1 is 1.07 bits per heavy atom. The Labute approximate surface area is 165 Å². The van der Waals surface area contributed by atoms with Gasteiger partial charge in [0, 0.05) is 17.0 Å². The molecule has 0 spiro atoms. The second kappa shape index (κ2) is 8.26. The predicted molar refractivity (Wildman–Crippen MR) is 109 cm³/mol. The van der Waals surface area contributed by atoms with Gasteiger partial charge in [0.25, 0.3) is 0 Å². The molecule has 5 heteroatoms. The fourth-order valence-electron chi connectivity index (χ4n) is 2.98. The zero-order valence-electron chi connectivity index (χ0n) is 16.4. The molecule has 27 heavy (non-hydrogen) atoms. The summed E-state index contributed by atoms with van der Waals surface area (Å²) in [5.74, 6) is 1.65. The number of thioether (sulfide) groups is 1. The van der Waals surface area contributed by atoms with Crippen molar-refractivity contribution in [1.82, 2.24) is 4.90 Å². The summed E-state index contributed by atoms with van der Waals surface area (Å²) < 4.78 is 11.2. The summed E-state index contributed by atoms with van der Waals surface area (Å²) in [6, 6.07) is 16.0. The van der Waals surface area contributed by atoms with Gasteiger partial charge in [0.05, 0.1) is 5.25 Å². The van der Waals surface area contributed by atoms with Crippen molar-refractivity contribution in [3.63, 3.8) is 0 Å². The minimum absolute atomic E-state index is 0.131. The van der Waals surface area contributed by atoms with Crippen LogP contribution in [-0.2, 0) is 11.3 Å². The molecular formula is C22H27NO3S. The third-order valence-electron chi connectivity index (χ3n) is 4.43. The van der Waals surface area contributed by atoms with Crippen LogP contribution in [-0.4, -0.2) is 34.8 Å². The summed E-state index contributed by atoms with van der Waals surface area (Å²) in [5, 5.41) is -0.199. The van der Waals surface area contributed by atoms with Crippen LogP contribution in [0.2, 0.25) is 0 Å². The largest absolute Gasteiger partial charge is 0.486 e. The highest BCUT2D eigenvalue weighted by Crippen LogP contribution is 2.36. The molecule has 0 saturated heterocycles. The van der Waals surface area contributed by atoms with Crippen LogP contribution in [0.15, 0.2) is 53.4 Å². The van der Waals surface area contributed by atoms with Crippen molar-refractivity contribution in [2.75, 3.05) is 13.2 Å². The summed E-state index contributed by atoms with van der Waals surface area (Å²) in [6.45, 7) is 9.95. The molecule has 144 valence electrons. The Morgan fingerprint density at radius 3 is 2.41 bits per heavy atom. The van der Waals surface area contributed by atoms with E-state index in [2.05, 4.69) is 32.9 Å². The van der Waals surface area contributed by atoms with Gasteiger partial charge in [-0.1, -0.05) is 30.3 Å². The first-order valence-electron chi connectivity index (χ1n) is 9.26. The van der Waals surface area contributed by atoms with E-state index in [0.717, 1.165) is 22.0 Å². The van der Waals surface area contributed by atoms with Crippen LogP contribution in [0, 0.1) is 0 Å². The quantitative estimate of drug-likeness (QED) is 0.695. The standard InChI is InChI=1S/C22H27NO3S/c1-16(27-18-10-11-19-20(14-18)26-13-12-25-19)21(24)23(22(2,3)4)15-17-8-6-5-7-9-17/h5-11,14,16H,12-13,15H2,1-4H3/t16-/m0/s1. The van der Waals surface area contributed by atoms with E-state index < -0.39 is 0 Å². The average molecular weight is 386 g/mol. The minimum atomic E-state index is -0.255. The fraction of sp³-hybridized carbons (Fsp3) is 0.409. The van der Waals surface area contributed by atoms with Gasteiger partial charge in [-0.2, -0.15) is 0 Å². The molecule has 4 nitrogen and oxygen atoms in total. The van der Waals surface area contributed by atoms with Gasteiger partial charge in [-0.25, -0.2) is 0 Å². The second-order valence-corrected chi connectivity index (χ2v) is 9.06. The predicted octanol–water partition coefficient (Wildman–Crippen LogP) is 4.77. The first-order valence-corrected chi connectivity index (χ1v) is 10.1. The molecule has 1 aliphatic heterocycles. The third kappa shape index (κ3) is 4.98. The second-order valence-electron chi connectivity index (χ2n) is 7.65. The van der Waals surface area contributed by atoms with Gasteiger partial charge in [-0.3, -0.25) is 4.79 Å². The van der Waals surface area contributed by atoms with Crippen molar-refractivity contribution >= 4 is 17.7 Å². The molecule has 2 aromatic rings. The molecule has 0 bridgehead atoms. The maximum atomic E-state index is 13.2. The number of hydrogen-bond acceptors (Lipinski definition) is 4. The van der Waals surface area contributed by atoms with E-state index in [-0.39, 0.29) is 16.7 Å². The highest BCUT2D eigenvalue weighted by molar-refractivity contribution is 8.00. The van der Waals surface area contributed by atoms with Gasteiger partial charge in [0.1, 0.15) is 13.2 Å². The molecule has 0 aliphatic carbocycles. The molecule has 0 fully saturated rings. The highest BCUT2D eigenvalue weighted by atomic mass is 32.2. The number of benzene rings is 2. The molecule has 1 heterocycles. The summed E-state index contributed by atoms with van der Waals surface area (Å²) >= 11 is 1.55. The molecule has 0 N–H and O–H groups in total. The molecule has 1 amide bonds. The molecular weight excluding hydrogens is 358 g/mol. The molecule has 0 saturated carbocycles. The molecule has 0 unspecified atom stereocenters. The van der Waals surface area contributed by atoms with Crippen molar-refractivity contribution in [1.29, 1.82) is 0 Å². The molecule has 0 radical (unpaired) electrons. The lowest BCUT2D eigenvalue weighted by Gasteiger charge is -2.37. The van der Waals surface area contributed by atoms with E-state index in [0.29, 0.717) is 19.8 Å². The van der Waals surface area contributed by atoms with Crippen LogP contribution in [0.4, 0.5) is 0 Å². The Balaban J connectivity index is 1.73. The molecule has 2 aromatic carbocycles. The number of rotatable bonds is 5. The number of nitrogens with zero attached hydrogens (tertiary/aromatic N) is 1. The van der Waals surface area contributed by atoms with Gasteiger partial charge in [0.15, 0.2) is 11.5 Å². The molecule has 1 aliphatic rings. The van der Waals surface area contributed by atoms with Crippen molar-refractivity contribution in [3.8, 4) is 11.5 Å². The smallest absolute Gasteiger partial charge is 0.236 e. The van der Waals surface area contributed by atoms with Crippen LogP contribution in [0.3, 0.4) is 0 Å². The Morgan fingerprint density at radius 2 is 1.74 bits per heavy atom. The lowest BCUT2D eigenvalue weighted by atomic mass is 10.0. The van der Waals surface area contributed by atoms with Crippen LogP contribution in [0.25, 0.3) is 0 Å². The SMILES string of the molecule is C[C@H](Sc1ccc2c(c1)OCCO2)C(=O)N(Cc1ccccc1)C(C)(C)C. The summed E-state index contributed by atoms with van der Waals surface area (Å²) in [7, 11) is 0. The monoisotopic (exact) mass is 385 g/mol. The van der Waals surface area contributed by atoms with Crippen LogP contribution in [0.5, 0.6) is 11.5 Å². The van der Waals surface area contributed by atoms with E-state index in [1.165, 1.54) is 0 Å². The van der Waals surface area contributed by atoms with Gasteiger partial charge < -0.3 is 14.4 Å². The van der Waals surface area contributed by atoms with Gasteiger partial charge >= 0.3 is 0 Å². The van der Waals surface area contributed by atoms with E-state index in [1.54, 1.807) is 11.8 Å². The van der Waals surface area contributed by atoms with Gasteiger partial charge in [0.2, 0.25) is 5.91 Å². The topological polar surface area (TPSA) is 38.8 Å². The number of hydrogen-bond donors (Lipinski definition) is 0. The lowest BCUT2D eigenvalue weighted by molar-refractivity contribution is -0.135. The van der Waals surface area contributed by atoms with E-state index in [1.807, 2.05) is 48.2 Å². The number of carbonyl (C=O) groups is 1. The summed E-state index contributed by atoms with van der Waals surface area (Å²) in [6.07, 6.45) is 0. The molecule has 1 atom stereocenters. The summed E-state index contributed by atoms with van der Waals surface area (Å²) in [4.78, 5) is 16.2. The highest BCUT2D eigenvalue weighted by Gasteiger charge is 2.30. The van der Waals surface area contributed by atoms with Crippen LogP contribution < -0.4 is 9.47 Å². The Kier molecular flexibility index (Phi) is 6.00. The van der Waals surface area contributed by atoms with Gasteiger partial charge in [-0.05, 0) is 51.5 Å². The van der Waals surface area contributed by atoms with E-state index >= 15 is 0 Å². The molecule has 3 rings (SSSR count). The maximum Gasteiger partial charge on any atom is 0.236 e. The van der Waals surface area contributed by atoms with E-state index in [9.17, 15) is 4.79 Å². The number of ether oxygens (including phenoxy) is 2. The summed E-state index contributed by atoms with van der Waals surface area (Å²) in [5.41, 5.74) is 0.881. The first kappa shape index (κ1) is 19.6. The molecule has 0 aromatic heterocycles. The van der Waals surface area contributed by atoms with Crippen LogP contribution in [0.1, 0.15) is 33.3 Å². The first-order chi connectivity index (χ1) is 12.8.